The largest absolute Gasteiger partial charge is 0.478 e. The quantitative estimate of drug-likeness (QED) is 0.628. The highest BCUT2D eigenvalue weighted by Gasteiger charge is 2.35. The lowest BCUT2D eigenvalue weighted by Gasteiger charge is -2.30. The fourth-order valence-corrected chi connectivity index (χ4v) is 3.82. The molecule has 3 heterocycles. The average Bonchev–Trinajstić information content (AvgIpc) is 3.07. The van der Waals surface area contributed by atoms with Gasteiger partial charge in [-0.2, -0.15) is 0 Å². The number of nitrogens with zero attached hydrogens (tertiary/aromatic N) is 2. The van der Waals surface area contributed by atoms with E-state index in [1.54, 1.807) is 18.5 Å². The number of fused-ring (bicyclic) bond motifs is 3. The van der Waals surface area contributed by atoms with Crippen LogP contribution >= 0.6 is 0 Å². The van der Waals surface area contributed by atoms with Gasteiger partial charge in [0.2, 0.25) is 5.78 Å². The van der Waals surface area contributed by atoms with Gasteiger partial charge in [0.15, 0.2) is 5.76 Å². The number of ether oxygens (including phenoxy) is 2. The summed E-state index contributed by atoms with van der Waals surface area (Å²) in [5.41, 5.74) is 4.54. The molecule has 0 bridgehead atoms. The molecular weight excluding hydrogens is 364 g/mol. The maximum Gasteiger partial charge on any atom is 0.232 e. The molecular formula is C24H20N2O3. The molecule has 0 amide bonds. The summed E-state index contributed by atoms with van der Waals surface area (Å²) in [7, 11) is 0. The van der Waals surface area contributed by atoms with Crippen LogP contribution in [0, 0.1) is 6.92 Å². The van der Waals surface area contributed by atoms with Crippen LogP contribution in [0.15, 0.2) is 66.7 Å². The molecule has 0 aliphatic carbocycles. The highest BCUT2D eigenvalue weighted by Crippen LogP contribution is 2.44. The van der Waals surface area contributed by atoms with Crippen molar-refractivity contribution in [2.45, 2.75) is 20.0 Å². The van der Waals surface area contributed by atoms with E-state index in [4.69, 9.17) is 9.47 Å². The van der Waals surface area contributed by atoms with Gasteiger partial charge >= 0.3 is 0 Å². The Labute approximate surface area is 169 Å². The lowest BCUT2D eigenvalue weighted by Crippen LogP contribution is -2.31. The maximum absolute atomic E-state index is 13.0. The van der Waals surface area contributed by atoms with Crippen LogP contribution in [-0.4, -0.2) is 22.4 Å². The smallest absolute Gasteiger partial charge is 0.232 e. The Hall–Kier alpha value is -3.44. The molecule has 3 aromatic rings. The summed E-state index contributed by atoms with van der Waals surface area (Å²) in [5.74, 6) is 1.71. The second-order valence-electron chi connectivity index (χ2n) is 7.34. The first-order valence-electron chi connectivity index (χ1n) is 9.59. The van der Waals surface area contributed by atoms with Crippen LogP contribution in [0.25, 0.3) is 6.08 Å². The van der Waals surface area contributed by atoms with Crippen molar-refractivity contribution in [3.63, 3.8) is 0 Å². The van der Waals surface area contributed by atoms with Crippen molar-refractivity contribution in [3.8, 4) is 11.5 Å². The van der Waals surface area contributed by atoms with Crippen LogP contribution in [0.3, 0.4) is 0 Å². The first-order valence-corrected chi connectivity index (χ1v) is 9.59. The first-order chi connectivity index (χ1) is 14.2. The number of hydrogen-bond acceptors (Lipinski definition) is 5. The molecule has 0 unspecified atom stereocenters. The van der Waals surface area contributed by atoms with Crippen molar-refractivity contribution in [2.24, 2.45) is 0 Å². The van der Waals surface area contributed by atoms with Crippen molar-refractivity contribution in [1.29, 1.82) is 0 Å². The zero-order valence-electron chi connectivity index (χ0n) is 16.1. The molecule has 0 atom stereocenters. The Kier molecular flexibility index (Phi) is 4.37. The predicted molar refractivity (Wildman–Crippen MR) is 110 cm³/mol. The summed E-state index contributed by atoms with van der Waals surface area (Å²) in [6.07, 6.45) is 5.38. The molecule has 0 saturated carbocycles. The van der Waals surface area contributed by atoms with Crippen LogP contribution in [0.4, 0.5) is 0 Å². The topological polar surface area (TPSA) is 51.7 Å². The highest BCUT2D eigenvalue weighted by molar-refractivity contribution is 6.15. The van der Waals surface area contributed by atoms with Gasteiger partial charge in [0.05, 0.1) is 11.1 Å². The number of pyridine rings is 1. The number of carbonyl (C=O) groups is 1. The molecule has 0 radical (unpaired) electrons. The molecule has 1 aromatic heterocycles. The predicted octanol–water partition coefficient (Wildman–Crippen LogP) is 4.36. The third-order valence-corrected chi connectivity index (χ3v) is 5.24. The van der Waals surface area contributed by atoms with Crippen LogP contribution < -0.4 is 9.47 Å². The molecule has 29 heavy (non-hydrogen) atoms. The van der Waals surface area contributed by atoms with Crippen molar-refractivity contribution in [3.05, 3.63) is 94.5 Å². The second-order valence-corrected chi connectivity index (χ2v) is 7.34. The molecule has 0 fully saturated rings. The van der Waals surface area contributed by atoms with Gasteiger partial charge in [-0.1, -0.05) is 30.3 Å². The molecule has 0 N–H and O–H groups in total. The van der Waals surface area contributed by atoms with Gasteiger partial charge in [-0.05, 0) is 47.9 Å². The van der Waals surface area contributed by atoms with Crippen molar-refractivity contribution in [2.75, 3.05) is 6.73 Å². The molecule has 5 heteroatoms. The van der Waals surface area contributed by atoms with Crippen molar-refractivity contribution in [1.82, 2.24) is 9.88 Å². The molecule has 2 aromatic carbocycles. The number of ketones is 1. The zero-order valence-corrected chi connectivity index (χ0v) is 16.1. The van der Waals surface area contributed by atoms with Crippen LogP contribution in [-0.2, 0) is 13.1 Å². The van der Waals surface area contributed by atoms with Crippen molar-refractivity contribution < 1.29 is 14.3 Å². The highest BCUT2D eigenvalue weighted by atomic mass is 16.5. The van der Waals surface area contributed by atoms with Crippen LogP contribution in [0.5, 0.6) is 11.5 Å². The molecule has 2 aliphatic heterocycles. The SMILES string of the molecule is Cc1cc2c(c3c1C(=O)/C(=C/c1ccccc1)O3)CN(Cc1ccncc1)CO2. The summed E-state index contributed by atoms with van der Waals surface area (Å²) in [6, 6.07) is 15.7. The molecule has 5 nitrogen and oxygen atoms in total. The number of benzene rings is 2. The Morgan fingerprint density at radius 1 is 1.14 bits per heavy atom. The number of rotatable bonds is 3. The Balaban J connectivity index is 1.48. The second kappa shape index (κ2) is 7.18. The molecule has 2 aliphatic rings. The Bertz CT molecular complexity index is 1110. The van der Waals surface area contributed by atoms with Gasteiger partial charge in [0, 0.05) is 25.5 Å². The van der Waals surface area contributed by atoms with Gasteiger partial charge in [0.25, 0.3) is 0 Å². The van der Waals surface area contributed by atoms with Gasteiger partial charge < -0.3 is 9.47 Å². The van der Waals surface area contributed by atoms with Crippen molar-refractivity contribution >= 4 is 11.9 Å². The summed E-state index contributed by atoms with van der Waals surface area (Å²) in [6.45, 7) is 3.82. The molecule has 5 rings (SSSR count). The summed E-state index contributed by atoms with van der Waals surface area (Å²) in [5, 5.41) is 0. The fourth-order valence-electron chi connectivity index (χ4n) is 3.82. The summed E-state index contributed by atoms with van der Waals surface area (Å²) >= 11 is 0. The first kappa shape index (κ1) is 17.6. The van der Waals surface area contributed by atoms with E-state index < -0.39 is 0 Å². The van der Waals surface area contributed by atoms with Gasteiger partial charge in [0.1, 0.15) is 18.2 Å². The molecule has 0 saturated heterocycles. The van der Waals surface area contributed by atoms with Crippen LogP contribution in [0.2, 0.25) is 0 Å². The lowest BCUT2D eigenvalue weighted by atomic mass is 9.98. The van der Waals surface area contributed by atoms with E-state index >= 15 is 0 Å². The van der Waals surface area contributed by atoms with E-state index in [2.05, 4.69) is 9.88 Å². The van der Waals surface area contributed by atoms with E-state index in [-0.39, 0.29) is 5.78 Å². The van der Waals surface area contributed by atoms with Crippen LogP contribution in [0.1, 0.15) is 32.6 Å². The summed E-state index contributed by atoms with van der Waals surface area (Å²) < 4.78 is 12.1. The Morgan fingerprint density at radius 3 is 2.72 bits per heavy atom. The third-order valence-electron chi connectivity index (χ3n) is 5.24. The number of carbonyl (C=O) groups excluding carboxylic acids is 1. The number of aryl methyl sites for hydroxylation is 1. The lowest BCUT2D eigenvalue weighted by molar-refractivity contribution is 0.0872. The number of hydrogen-bond donors (Lipinski definition) is 0. The zero-order chi connectivity index (χ0) is 19.8. The van der Waals surface area contributed by atoms with E-state index in [9.17, 15) is 4.79 Å². The normalized spacial score (nSPS) is 16.9. The number of aromatic nitrogens is 1. The van der Waals surface area contributed by atoms with Gasteiger partial charge in [-0.3, -0.25) is 14.7 Å². The molecule has 0 spiro atoms. The molecule has 144 valence electrons. The minimum absolute atomic E-state index is 0.0737. The van der Waals surface area contributed by atoms with E-state index in [1.165, 1.54) is 0 Å². The van der Waals surface area contributed by atoms with E-state index in [0.717, 1.165) is 34.5 Å². The summed E-state index contributed by atoms with van der Waals surface area (Å²) in [4.78, 5) is 19.3. The fraction of sp³-hybridized carbons (Fsp3) is 0.167. The number of allylic oxidation sites excluding steroid dienone is 1. The van der Waals surface area contributed by atoms with E-state index in [0.29, 0.717) is 30.3 Å². The minimum Gasteiger partial charge on any atom is -0.478 e. The monoisotopic (exact) mass is 384 g/mol. The third kappa shape index (κ3) is 3.30. The van der Waals surface area contributed by atoms with E-state index in [1.807, 2.05) is 55.5 Å². The standard InChI is InChI=1S/C24H20N2O3/c1-16-11-20-19(14-26(15-28-20)13-18-7-9-25-10-8-18)24-22(16)23(27)21(29-24)12-17-5-3-2-4-6-17/h2-12H,13-15H2,1H3/b21-12-. The maximum atomic E-state index is 13.0. The van der Waals surface area contributed by atoms with Gasteiger partial charge in [-0.25, -0.2) is 0 Å². The van der Waals surface area contributed by atoms with Gasteiger partial charge in [-0.15, -0.1) is 0 Å². The minimum atomic E-state index is -0.0737. The average molecular weight is 384 g/mol. The Morgan fingerprint density at radius 2 is 1.93 bits per heavy atom. The number of Topliss-reactive ketones (excluding diaryl/α,β-unsaturated/α-hetero) is 1.